The molecule has 0 bridgehead atoms. The van der Waals surface area contributed by atoms with Crippen LogP contribution in [-0.2, 0) is 16.1 Å². The third kappa shape index (κ3) is 6.43. The van der Waals surface area contributed by atoms with Crippen LogP contribution in [0.4, 0.5) is 0 Å². The Bertz CT molecular complexity index is 818. The number of benzene rings is 2. The van der Waals surface area contributed by atoms with Gasteiger partial charge in [0.05, 0.1) is 13.1 Å². The maximum Gasteiger partial charge on any atom is 0.251 e. The number of carbonyl (C=O) groups is 3. The summed E-state index contributed by atoms with van der Waals surface area (Å²) in [4.78, 5) is 40.3. The quantitative estimate of drug-likeness (QED) is 0.730. The van der Waals surface area contributed by atoms with Gasteiger partial charge in [-0.2, -0.15) is 0 Å². The number of amides is 3. The van der Waals surface area contributed by atoms with Crippen molar-refractivity contribution in [3.05, 3.63) is 71.8 Å². The summed E-state index contributed by atoms with van der Waals surface area (Å²) in [7, 11) is 0. The van der Waals surface area contributed by atoms with E-state index in [9.17, 15) is 14.4 Å². The summed E-state index contributed by atoms with van der Waals surface area (Å²) in [5, 5.41) is 5.58. The summed E-state index contributed by atoms with van der Waals surface area (Å²) in [5.74, 6) is -0.390. The molecule has 0 atom stereocenters. The van der Waals surface area contributed by atoms with E-state index in [1.165, 1.54) is 0 Å². The zero-order valence-corrected chi connectivity index (χ0v) is 16.3. The van der Waals surface area contributed by atoms with Crippen molar-refractivity contribution in [2.24, 2.45) is 0 Å². The van der Waals surface area contributed by atoms with Crippen LogP contribution in [0.2, 0.25) is 0 Å². The molecule has 1 saturated heterocycles. The van der Waals surface area contributed by atoms with Gasteiger partial charge in [-0.1, -0.05) is 48.5 Å². The first kappa shape index (κ1) is 20.5. The Labute approximate surface area is 170 Å². The number of hydrogen-bond donors (Lipinski definition) is 2. The van der Waals surface area contributed by atoms with Gasteiger partial charge >= 0.3 is 0 Å². The topological polar surface area (TPSA) is 81.8 Å². The third-order valence-corrected chi connectivity index (χ3v) is 4.86. The van der Waals surface area contributed by atoms with Crippen LogP contribution in [0.15, 0.2) is 60.7 Å². The minimum atomic E-state index is -0.257. The number of carbonyl (C=O) groups excluding carboxylic acids is 3. The maximum atomic E-state index is 12.3. The molecule has 0 unspecified atom stereocenters. The maximum absolute atomic E-state index is 12.3. The molecule has 3 rings (SSSR count). The average Bonchev–Trinajstić information content (AvgIpc) is 2.77. The lowest BCUT2D eigenvalue weighted by molar-refractivity contribution is -0.132. The summed E-state index contributed by atoms with van der Waals surface area (Å²) in [6.45, 7) is 3.18. The van der Waals surface area contributed by atoms with E-state index < -0.39 is 0 Å². The van der Waals surface area contributed by atoms with Crippen LogP contribution < -0.4 is 10.6 Å². The molecule has 2 N–H and O–H groups in total. The first-order valence-corrected chi connectivity index (χ1v) is 9.76. The van der Waals surface area contributed by atoms with Crippen molar-refractivity contribution >= 4 is 17.7 Å². The molecule has 29 heavy (non-hydrogen) atoms. The van der Waals surface area contributed by atoms with Gasteiger partial charge in [-0.3, -0.25) is 19.3 Å². The van der Waals surface area contributed by atoms with E-state index in [1.54, 1.807) is 29.2 Å². The molecule has 0 spiro atoms. The van der Waals surface area contributed by atoms with Crippen LogP contribution in [0.5, 0.6) is 0 Å². The molecule has 0 aromatic heterocycles. The molecule has 2 aromatic carbocycles. The predicted molar refractivity (Wildman–Crippen MR) is 110 cm³/mol. The minimum Gasteiger partial charge on any atom is -0.351 e. The number of rotatable bonds is 7. The molecule has 1 fully saturated rings. The van der Waals surface area contributed by atoms with Crippen LogP contribution in [0, 0.1) is 0 Å². The van der Waals surface area contributed by atoms with Crippen molar-refractivity contribution in [3.63, 3.8) is 0 Å². The van der Waals surface area contributed by atoms with Crippen LogP contribution >= 0.6 is 0 Å². The molecule has 152 valence electrons. The van der Waals surface area contributed by atoms with Gasteiger partial charge in [-0.25, -0.2) is 0 Å². The zero-order valence-electron chi connectivity index (χ0n) is 16.3. The fourth-order valence-electron chi connectivity index (χ4n) is 3.17. The fraction of sp³-hybridized carbons (Fsp3) is 0.318. The standard InChI is InChI=1S/C22H26N4O3/c27-20(23-15-18-7-3-1-4-8-18)17-25-11-13-26(14-12-25)21(28)16-24-22(29)19-9-5-2-6-10-19/h1-10H,11-17H2,(H,23,27)(H,24,29). The lowest BCUT2D eigenvalue weighted by Gasteiger charge is -2.34. The second-order valence-corrected chi connectivity index (χ2v) is 6.97. The molecular weight excluding hydrogens is 368 g/mol. The average molecular weight is 394 g/mol. The molecule has 1 aliphatic heterocycles. The van der Waals surface area contributed by atoms with Crippen molar-refractivity contribution in [1.29, 1.82) is 0 Å². The van der Waals surface area contributed by atoms with Crippen molar-refractivity contribution in [2.45, 2.75) is 6.54 Å². The highest BCUT2D eigenvalue weighted by atomic mass is 16.2. The first-order chi connectivity index (χ1) is 14.1. The summed E-state index contributed by atoms with van der Waals surface area (Å²) in [6.07, 6.45) is 0. The lowest BCUT2D eigenvalue weighted by Crippen LogP contribution is -2.52. The second kappa shape index (κ2) is 10.4. The normalized spacial score (nSPS) is 14.3. The van der Waals surface area contributed by atoms with Gasteiger partial charge in [-0.15, -0.1) is 0 Å². The van der Waals surface area contributed by atoms with E-state index in [2.05, 4.69) is 10.6 Å². The van der Waals surface area contributed by atoms with E-state index in [4.69, 9.17) is 0 Å². The minimum absolute atomic E-state index is 0.0225. The lowest BCUT2D eigenvalue weighted by atomic mass is 10.2. The fourth-order valence-corrected chi connectivity index (χ4v) is 3.17. The Morgan fingerprint density at radius 1 is 0.793 bits per heavy atom. The van der Waals surface area contributed by atoms with Crippen LogP contribution in [0.1, 0.15) is 15.9 Å². The van der Waals surface area contributed by atoms with E-state index >= 15 is 0 Å². The molecule has 0 aliphatic carbocycles. The van der Waals surface area contributed by atoms with Gasteiger partial charge in [0, 0.05) is 38.3 Å². The Hall–Kier alpha value is -3.19. The molecule has 0 radical (unpaired) electrons. The molecule has 2 aromatic rings. The molecule has 1 aliphatic rings. The largest absolute Gasteiger partial charge is 0.351 e. The van der Waals surface area contributed by atoms with Crippen LogP contribution in [-0.4, -0.2) is 66.8 Å². The van der Waals surface area contributed by atoms with E-state index in [0.29, 0.717) is 44.8 Å². The Kier molecular flexibility index (Phi) is 7.35. The summed E-state index contributed by atoms with van der Waals surface area (Å²) < 4.78 is 0. The Morgan fingerprint density at radius 2 is 1.41 bits per heavy atom. The number of nitrogens with zero attached hydrogens (tertiary/aromatic N) is 2. The van der Waals surface area contributed by atoms with Crippen LogP contribution in [0.3, 0.4) is 0 Å². The summed E-state index contributed by atoms with van der Waals surface area (Å²) >= 11 is 0. The molecule has 0 saturated carbocycles. The highest BCUT2D eigenvalue weighted by Gasteiger charge is 2.22. The number of hydrogen-bond acceptors (Lipinski definition) is 4. The monoisotopic (exact) mass is 394 g/mol. The van der Waals surface area contributed by atoms with E-state index in [1.807, 2.05) is 41.3 Å². The molecule has 3 amide bonds. The van der Waals surface area contributed by atoms with Gasteiger partial charge in [0.1, 0.15) is 0 Å². The molecule has 7 heteroatoms. The van der Waals surface area contributed by atoms with Crippen molar-refractivity contribution in [1.82, 2.24) is 20.4 Å². The summed E-state index contributed by atoms with van der Waals surface area (Å²) in [5.41, 5.74) is 1.60. The predicted octanol–water partition coefficient (Wildman–Crippen LogP) is 0.877. The SMILES string of the molecule is O=C(CN1CCN(C(=O)CNC(=O)c2ccccc2)CC1)NCc1ccccc1. The van der Waals surface area contributed by atoms with Gasteiger partial charge in [0.2, 0.25) is 11.8 Å². The first-order valence-electron chi connectivity index (χ1n) is 9.76. The van der Waals surface area contributed by atoms with Crippen molar-refractivity contribution in [3.8, 4) is 0 Å². The van der Waals surface area contributed by atoms with Gasteiger partial charge in [0.25, 0.3) is 5.91 Å². The Balaban J connectivity index is 1.34. The number of piperazine rings is 1. The summed E-state index contributed by atoms with van der Waals surface area (Å²) in [6, 6.07) is 18.6. The molecular formula is C22H26N4O3. The highest BCUT2D eigenvalue weighted by molar-refractivity contribution is 5.96. The van der Waals surface area contributed by atoms with Crippen LogP contribution in [0.25, 0.3) is 0 Å². The van der Waals surface area contributed by atoms with Gasteiger partial charge in [0.15, 0.2) is 0 Å². The smallest absolute Gasteiger partial charge is 0.251 e. The Morgan fingerprint density at radius 3 is 2.07 bits per heavy atom. The molecule has 1 heterocycles. The zero-order chi connectivity index (χ0) is 20.5. The number of nitrogens with one attached hydrogen (secondary N) is 2. The van der Waals surface area contributed by atoms with E-state index in [0.717, 1.165) is 5.56 Å². The van der Waals surface area contributed by atoms with Crippen molar-refractivity contribution in [2.75, 3.05) is 39.3 Å². The highest BCUT2D eigenvalue weighted by Crippen LogP contribution is 2.03. The van der Waals surface area contributed by atoms with E-state index in [-0.39, 0.29) is 24.3 Å². The second-order valence-electron chi connectivity index (χ2n) is 6.97. The molecule has 7 nitrogen and oxygen atoms in total. The van der Waals surface area contributed by atoms with Gasteiger partial charge in [-0.05, 0) is 17.7 Å². The van der Waals surface area contributed by atoms with Crippen molar-refractivity contribution < 1.29 is 14.4 Å². The van der Waals surface area contributed by atoms with Gasteiger partial charge < -0.3 is 15.5 Å². The third-order valence-electron chi connectivity index (χ3n) is 4.86.